The van der Waals surface area contributed by atoms with Crippen LogP contribution in [0.2, 0.25) is 0 Å². The molecule has 1 atom stereocenters. The smallest absolute Gasteiger partial charge is 0.321 e. The Bertz CT molecular complexity index is 612. The van der Waals surface area contributed by atoms with Gasteiger partial charge in [0.05, 0.1) is 4.90 Å². The number of sulfonamides is 1. The van der Waals surface area contributed by atoms with Gasteiger partial charge >= 0.3 is 5.97 Å². The summed E-state index contributed by atoms with van der Waals surface area (Å²) in [6.45, 7) is 9.03. The summed E-state index contributed by atoms with van der Waals surface area (Å²) in [5.74, 6) is -1.08. The summed E-state index contributed by atoms with van der Waals surface area (Å²) in [6.07, 6.45) is 0.249. The number of nitrogens with one attached hydrogen (secondary N) is 1. The average molecular weight is 313 g/mol. The van der Waals surface area contributed by atoms with Crippen molar-refractivity contribution in [2.75, 3.05) is 0 Å². The molecule has 0 aliphatic carbocycles. The zero-order chi connectivity index (χ0) is 16.4. The molecule has 6 heteroatoms. The van der Waals surface area contributed by atoms with Crippen LogP contribution < -0.4 is 4.72 Å². The van der Waals surface area contributed by atoms with Gasteiger partial charge in [0.25, 0.3) is 0 Å². The number of carbonyl (C=O) groups is 1. The van der Waals surface area contributed by atoms with E-state index in [1.807, 2.05) is 20.8 Å². The van der Waals surface area contributed by atoms with Gasteiger partial charge in [-0.2, -0.15) is 4.72 Å². The first-order valence-corrected chi connectivity index (χ1v) is 8.36. The Balaban J connectivity index is 3.20. The van der Waals surface area contributed by atoms with E-state index in [1.165, 1.54) is 0 Å². The van der Waals surface area contributed by atoms with Crippen LogP contribution in [0, 0.1) is 26.7 Å². The summed E-state index contributed by atoms with van der Waals surface area (Å²) >= 11 is 0. The second-order valence-corrected chi connectivity index (χ2v) is 7.52. The minimum atomic E-state index is -3.86. The molecule has 0 saturated heterocycles. The molecule has 0 spiro atoms. The molecule has 0 saturated carbocycles. The summed E-state index contributed by atoms with van der Waals surface area (Å²) in [7, 11) is -3.86. The molecule has 0 bridgehead atoms. The third-order valence-corrected chi connectivity index (χ3v) is 4.95. The first-order valence-electron chi connectivity index (χ1n) is 6.87. The minimum absolute atomic E-state index is 0.0778. The molecular formula is C15H23NO4S. The second kappa shape index (κ2) is 6.58. The summed E-state index contributed by atoms with van der Waals surface area (Å²) in [4.78, 5) is 11.4. The highest BCUT2D eigenvalue weighted by Gasteiger charge is 2.28. The lowest BCUT2D eigenvalue weighted by Gasteiger charge is -2.19. The van der Waals surface area contributed by atoms with E-state index in [2.05, 4.69) is 4.72 Å². The minimum Gasteiger partial charge on any atom is -0.480 e. The second-order valence-electron chi connectivity index (χ2n) is 5.87. The van der Waals surface area contributed by atoms with Gasteiger partial charge < -0.3 is 5.11 Å². The van der Waals surface area contributed by atoms with E-state index in [1.54, 1.807) is 26.0 Å². The van der Waals surface area contributed by atoms with Crippen LogP contribution in [0.25, 0.3) is 0 Å². The molecule has 5 nitrogen and oxygen atoms in total. The zero-order valence-electron chi connectivity index (χ0n) is 13.1. The summed E-state index contributed by atoms with van der Waals surface area (Å²) < 4.78 is 27.3. The number of rotatable bonds is 6. The van der Waals surface area contributed by atoms with E-state index >= 15 is 0 Å². The van der Waals surface area contributed by atoms with Gasteiger partial charge in [0.2, 0.25) is 10.0 Å². The Labute approximate surface area is 126 Å². The van der Waals surface area contributed by atoms with Crippen molar-refractivity contribution in [1.82, 2.24) is 4.72 Å². The number of aryl methyl sites for hydroxylation is 3. The lowest BCUT2D eigenvalue weighted by atomic mass is 10.1. The molecule has 0 heterocycles. The lowest BCUT2D eigenvalue weighted by molar-refractivity contribution is -0.139. The van der Waals surface area contributed by atoms with Crippen molar-refractivity contribution in [1.29, 1.82) is 0 Å². The van der Waals surface area contributed by atoms with Crippen LogP contribution in [0.15, 0.2) is 17.0 Å². The molecule has 21 heavy (non-hydrogen) atoms. The third kappa shape index (κ3) is 4.54. The SMILES string of the molecule is Cc1cc(C)c(S(=O)(=O)NC(CC(C)C)C(=O)O)c(C)c1. The van der Waals surface area contributed by atoms with Crippen molar-refractivity contribution in [3.63, 3.8) is 0 Å². The predicted octanol–water partition coefficient (Wildman–Crippen LogP) is 2.39. The predicted molar refractivity (Wildman–Crippen MR) is 81.9 cm³/mol. The first kappa shape index (κ1) is 17.7. The van der Waals surface area contributed by atoms with Crippen LogP contribution >= 0.6 is 0 Å². The first-order chi connectivity index (χ1) is 9.54. The molecule has 118 valence electrons. The molecule has 0 aliphatic rings. The highest BCUT2D eigenvalue weighted by atomic mass is 32.2. The van der Waals surface area contributed by atoms with Crippen LogP contribution in [-0.2, 0) is 14.8 Å². The molecule has 1 unspecified atom stereocenters. The van der Waals surface area contributed by atoms with Gasteiger partial charge in [-0.25, -0.2) is 8.42 Å². The van der Waals surface area contributed by atoms with Gasteiger partial charge in [-0.15, -0.1) is 0 Å². The van der Waals surface area contributed by atoms with Crippen LogP contribution in [0.3, 0.4) is 0 Å². The fraction of sp³-hybridized carbons (Fsp3) is 0.533. The molecule has 0 radical (unpaired) electrons. The molecule has 1 aromatic carbocycles. The van der Waals surface area contributed by atoms with Crippen molar-refractivity contribution in [2.24, 2.45) is 5.92 Å². The van der Waals surface area contributed by atoms with E-state index < -0.39 is 22.0 Å². The van der Waals surface area contributed by atoms with E-state index in [4.69, 9.17) is 0 Å². The Kier molecular flexibility index (Phi) is 5.53. The van der Waals surface area contributed by atoms with Crippen LogP contribution in [0.4, 0.5) is 0 Å². The molecule has 0 aromatic heterocycles. The van der Waals surface area contributed by atoms with Crippen LogP contribution in [0.5, 0.6) is 0 Å². The zero-order valence-corrected chi connectivity index (χ0v) is 13.9. The lowest BCUT2D eigenvalue weighted by Crippen LogP contribution is -2.42. The molecule has 1 rings (SSSR count). The number of aliphatic carboxylic acids is 1. The Hall–Kier alpha value is -1.40. The fourth-order valence-electron chi connectivity index (χ4n) is 2.51. The number of benzene rings is 1. The van der Waals surface area contributed by atoms with Crippen molar-refractivity contribution in [2.45, 2.75) is 52.0 Å². The molecule has 0 fully saturated rings. The highest BCUT2D eigenvalue weighted by molar-refractivity contribution is 7.89. The number of carboxylic acid groups (broad SMARTS) is 1. The van der Waals surface area contributed by atoms with Gasteiger partial charge in [-0.1, -0.05) is 31.5 Å². The van der Waals surface area contributed by atoms with Crippen molar-refractivity contribution in [3.8, 4) is 0 Å². The standard InChI is InChI=1S/C15H23NO4S/c1-9(2)6-13(15(17)18)16-21(19,20)14-11(4)7-10(3)8-12(14)5/h7-9,13,16H,6H2,1-5H3,(H,17,18). The van der Waals surface area contributed by atoms with Crippen molar-refractivity contribution >= 4 is 16.0 Å². The topological polar surface area (TPSA) is 83.5 Å². The highest BCUT2D eigenvalue weighted by Crippen LogP contribution is 2.22. The monoisotopic (exact) mass is 313 g/mol. The van der Waals surface area contributed by atoms with Gasteiger partial charge in [-0.3, -0.25) is 4.79 Å². The molecule has 0 amide bonds. The van der Waals surface area contributed by atoms with Crippen molar-refractivity contribution in [3.05, 3.63) is 28.8 Å². The number of hydrogen-bond donors (Lipinski definition) is 2. The maximum atomic E-state index is 12.5. The van der Waals surface area contributed by atoms with E-state index in [0.717, 1.165) is 5.56 Å². The normalized spacial score (nSPS) is 13.4. The van der Waals surface area contributed by atoms with Crippen LogP contribution in [-0.4, -0.2) is 25.5 Å². The summed E-state index contributed by atoms with van der Waals surface area (Å²) in [5, 5.41) is 9.19. The number of hydrogen-bond acceptors (Lipinski definition) is 3. The van der Waals surface area contributed by atoms with Gasteiger partial charge in [-0.05, 0) is 44.2 Å². The third-order valence-electron chi connectivity index (χ3n) is 3.18. The van der Waals surface area contributed by atoms with E-state index in [-0.39, 0.29) is 17.2 Å². The largest absolute Gasteiger partial charge is 0.480 e. The van der Waals surface area contributed by atoms with E-state index in [9.17, 15) is 18.3 Å². The Morgan fingerprint density at radius 2 is 1.67 bits per heavy atom. The molecule has 1 aromatic rings. The van der Waals surface area contributed by atoms with E-state index in [0.29, 0.717) is 11.1 Å². The maximum absolute atomic E-state index is 12.5. The summed E-state index contributed by atoms with van der Waals surface area (Å²) in [6, 6.07) is 2.44. The maximum Gasteiger partial charge on any atom is 0.321 e. The molecule has 0 aliphatic heterocycles. The van der Waals surface area contributed by atoms with Crippen molar-refractivity contribution < 1.29 is 18.3 Å². The molecule has 2 N–H and O–H groups in total. The van der Waals surface area contributed by atoms with Crippen LogP contribution in [0.1, 0.15) is 37.0 Å². The molecular weight excluding hydrogens is 290 g/mol. The Morgan fingerprint density at radius 3 is 2.05 bits per heavy atom. The Morgan fingerprint density at radius 1 is 1.19 bits per heavy atom. The average Bonchev–Trinajstić information content (AvgIpc) is 2.24. The fourth-order valence-corrected chi connectivity index (χ4v) is 4.16. The number of carboxylic acids is 1. The quantitative estimate of drug-likeness (QED) is 0.844. The van der Waals surface area contributed by atoms with Gasteiger partial charge in [0.15, 0.2) is 0 Å². The summed E-state index contributed by atoms with van der Waals surface area (Å²) in [5.41, 5.74) is 2.21. The van der Waals surface area contributed by atoms with Gasteiger partial charge in [0, 0.05) is 0 Å². The van der Waals surface area contributed by atoms with Gasteiger partial charge in [0.1, 0.15) is 6.04 Å².